The molecule has 1 amide bonds. The van der Waals surface area contributed by atoms with Crippen molar-refractivity contribution >= 4 is 33.1 Å². The van der Waals surface area contributed by atoms with E-state index in [2.05, 4.69) is 5.32 Å². The lowest BCUT2D eigenvalue weighted by atomic mass is 10.2. The molecule has 0 fully saturated rings. The van der Waals surface area contributed by atoms with Gasteiger partial charge in [0.05, 0.1) is 12.1 Å². The van der Waals surface area contributed by atoms with E-state index in [1.54, 1.807) is 24.4 Å². The molecule has 0 atom stereocenters. The standard InChI is InChI=1S/C22H17F2N3O3S/c1-13-10-15(23)6-7-17(13)25-19(28)12-26-18-8-9-31-20(18)21(29)27(22(26)30)11-14-4-2-3-5-16(14)24/h2-10H,11-12H2,1H3,(H,25,28). The van der Waals surface area contributed by atoms with Gasteiger partial charge in [0.15, 0.2) is 0 Å². The van der Waals surface area contributed by atoms with Crippen LogP contribution in [0, 0.1) is 18.6 Å². The summed E-state index contributed by atoms with van der Waals surface area (Å²) >= 11 is 1.14. The Kier molecular flexibility index (Phi) is 5.51. The van der Waals surface area contributed by atoms with Crippen LogP contribution in [0.2, 0.25) is 0 Å². The summed E-state index contributed by atoms with van der Waals surface area (Å²) in [7, 11) is 0. The zero-order valence-corrected chi connectivity index (χ0v) is 17.2. The molecule has 0 bridgehead atoms. The van der Waals surface area contributed by atoms with Crippen molar-refractivity contribution in [3.63, 3.8) is 0 Å². The van der Waals surface area contributed by atoms with Gasteiger partial charge in [0, 0.05) is 11.3 Å². The maximum absolute atomic E-state index is 14.1. The second-order valence-corrected chi connectivity index (χ2v) is 7.91. The van der Waals surface area contributed by atoms with Gasteiger partial charge in [-0.15, -0.1) is 11.3 Å². The highest BCUT2D eigenvalue weighted by Gasteiger charge is 2.18. The molecule has 4 rings (SSSR count). The lowest BCUT2D eigenvalue weighted by molar-refractivity contribution is -0.116. The van der Waals surface area contributed by atoms with Crippen LogP contribution in [0.25, 0.3) is 10.2 Å². The number of aromatic nitrogens is 2. The lowest BCUT2D eigenvalue weighted by Crippen LogP contribution is -2.41. The smallest absolute Gasteiger partial charge is 0.324 e. The Labute approximate surface area is 179 Å². The van der Waals surface area contributed by atoms with Gasteiger partial charge in [-0.3, -0.25) is 18.7 Å². The van der Waals surface area contributed by atoms with Gasteiger partial charge in [-0.1, -0.05) is 18.2 Å². The topological polar surface area (TPSA) is 73.1 Å². The third-order valence-electron chi connectivity index (χ3n) is 4.89. The van der Waals surface area contributed by atoms with Gasteiger partial charge < -0.3 is 5.32 Å². The number of hydrogen-bond donors (Lipinski definition) is 1. The number of halogens is 2. The lowest BCUT2D eigenvalue weighted by Gasteiger charge is -2.13. The summed E-state index contributed by atoms with van der Waals surface area (Å²) in [6.45, 7) is 1.04. The van der Waals surface area contributed by atoms with E-state index in [4.69, 9.17) is 0 Å². The molecule has 9 heteroatoms. The minimum Gasteiger partial charge on any atom is -0.324 e. The molecule has 2 aromatic carbocycles. The second-order valence-electron chi connectivity index (χ2n) is 6.99. The van der Waals surface area contributed by atoms with Gasteiger partial charge in [-0.05, 0) is 48.2 Å². The molecule has 158 valence electrons. The largest absolute Gasteiger partial charge is 0.332 e. The molecule has 0 aliphatic rings. The highest BCUT2D eigenvalue weighted by atomic mass is 32.1. The number of nitrogens with one attached hydrogen (secondary N) is 1. The summed E-state index contributed by atoms with van der Waals surface area (Å²) in [6.07, 6.45) is 0. The minimum absolute atomic E-state index is 0.190. The summed E-state index contributed by atoms with van der Waals surface area (Å²) < 4.78 is 29.8. The van der Waals surface area contributed by atoms with Crippen LogP contribution in [0.1, 0.15) is 11.1 Å². The first-order chi connectivity index (χ1) is 14.8. The SMILES string of the molecule is Cc1cc(F)ccc1NC(=O)Cn1c(=O)n(Cc2ccccc2F)c(=O)c2sccc21. The molecule has 0 aliphatic heterocycles. The molecule has 0 saturated heterocycles. The minimum atomic E-state index is -0.717. The van der Waals surface area contributed by atoms with E-state index < -0.39 is 28.8 Å². The fourth-order valence-electron chi connectivity index (χ4n) is 3.32. The summed E-state index contributed by atoms with van der Waals surface area (Å²) in [5.74, 6) is -1.47. The molecule has 0 radical (unpaired) electrons. The number of fused-ring (bicyclic) bond motifs is 1. The van der Waals surface area contributed by atoms with Crippen molar-refractivity contribution in [1.82, 2.24) is 9.13 Å². The van der Waals surface area contributed by atoms with Crippen molar-refractivity contribution in [2.45, 2.75) is 20.0 Å². The summed E-state index contributed by atoms with van der Waals surface area (Å²) in [4.78, 5) is 38.6. The molecule has 2 aromatic heterocycles. The first-order valence-corrected chi connectivity index (χ1v) is 10.2. The predicted molar refractivity (Wildman–Crippen MR) is 116 cm³/mol. The highest BCUT2D eigenvalue weighted by molar-refractivity contribution is 7.17. The van der Waals surface area contributed by atoms with Crippen LogP contribution in [-0.4, -0.2) is 15.0 Å². The van der Waals surface area contributed by atoms with Crippen LogP contribution in [0.15, 0.2) is 63.5 Å². The van der Waals surface area contributed by atoms with Gasteiger partial charge in [-0.2, -0.15) is 0 Å². The van der Waals surface area contributed by atoms with E-state index in [1.165, 1.54) is 41.0 Å². The van der Waals surface area contributed by atoms with Crippen LogP contribution in [0.4, 0.5) is 14.5 Å². The molecule has 0 spiro atoms. The van der Waals surface area contributed by atoms with Gasteiger partial charge in [0.1, 0.15) is 22.9 Å². The molecule has 4 aromatic rings. The molecule has 0 saturated carbocycles. The first-order valence-electron chi connectivity index (χ1n) is 9.35. The molecular formula is C22H17F2N3O3S. The molecule has 2 heterocycles. The Bertz CT molecular complexity index is 1420. The molecule has 1 N–H and O–H groups in total. The van der Waals surface area contributed by atoms with Crippen LogP contribution in [-0.2, 0) is 17.9 Å². The van der Waals surface area contributed by atoms with Crippen molar-refractivity contribution in [2.24, 2.45) is 0 Å². The second kappa shape index (κ2) is 8.27. The van der Waals surface area contributed by atoms with E-state index in [9.17, 15) is 23.2 Å². The maximum atomic E-state index is 14.1. The third kappa shape index (κ3) is 4.04. The van der Waals surface area contributed by atoms with E-state index in [1.807, 2.05) is 0 Å². The third-order valence-corrected chi connectivity index (χ3v) is 5.78. The monoisotopic (exact) mass is 441 g/mol. The van der Waals surface area contributed by atoms with Crippen molar-refractivity contribution < 1.29 is 13.6 Å². The average molecular weight is 441 g/mol. The zero-order valence-electron chi connectivity index (χ0n) is 16.4. The summed E-state index contributed by atoms with van der Waals surface area (Å²) in [5, 5.41) is 4.30. The van der Waals surface area contributed by atoms with Crippen LogP contribution in [0.3, 0.4) is 0 Å². The number of amides is 1. The number of anilines is 1. The van der Waals surface area contributed by atoms with Gasteiger partial charge >= 0.3 is 5.69 Å². The molecule has 6 nitrogen and oxygen atoms in total. The van der Waals surface area contributed by atoms with E-state index in [0.29, 0.717) is 21.5 Å². The Balaban J connectivity index is 1.73. The van der Waals surface area contributed by atoms with Crippen molar-refractivity contribution in [2.75, 3.05) is 5.32 Å². The normalized spacial score (nSPS) is 11.1. The van der Waals surface area contributed by atoms with E-state index >= 15 is 0 Å². The number of nitrogens with zero attached hydrogens (tertiary/aromatic N) is 2. The van der Waals surface area contributed by atoms with Crippen molar-refractivity contribution in [3.8, 4) is 0 Å². The average Bonchev–Trinajstić information content (AvgIpc) is 3.22. The number of hydrogen-bond acceptors (Lipinski definition) is 4. The number of thiophene rings is 1. The number of benzene rings is 2. The maximum Gasteiger partial charge on any atom is 0.332 e. The van der Waals surface area contributed by atoms with Gasteiger partial charge in [0.2, 0.25) is 5.91 Å². The fourth-order valence-corrected chi connectivity index (χ4v) is 4.17. The Hall–Kier alpha value is -3.59. The van der Waals surface area contributed by atoms with Crippen LogP contribution >= 0.6 is 11.3 Å². The van der Waals surface area contributed by atoms with Gasteiger partial charge in [-0.25, -0.2) is 13.6 Å². The Morgan fingerprint density at radius 2 is 1.84 bits per heavy atom. The number of rotatable bonds is 5. The number of aryl methyl sites for hydroxylation is 1. The summed E-state index contributed by atoms with van der Waals surface area (Å²) in [5.41, 5.74) is 0.215. The van der Waals surface area contributed by atoms with E-state index in [0.717, 1.165) is 15.9 Å². The molecule has 0 unspecified atom stereocenters. The predicted octanol–water partition coefficient (Wildman–Crippen LogP) is 3.50. The van der Waals surface area contributed by atoms with E-state index in [-0.39, 0.29) is 18.7 Å². The summed E-state index contributed by atoms with van der Waals surface area (Å²) in [6, 6.07) is 11.4. The Morgan fingerprint density at radius 1 is 1.06 bits per heavy atom. The molecule has 31 heavy (non-hydrogen) atoms. The van der Waals surface area contributed by atoms with Crippen molar-refractivity contribution in [1.29, 1.82) is 0 Å². The zero-order chi connectivity index (χ0) is 22.1. The Morgan fingerprint density at radius 3 is 2.58 bits per heavy atom. The number of carbonyl (C=O) groups excluding carboxylic acids is 1. The van der Waals surface area contributed by atoms with Crippen molar-refractivity contribution in [3.05, 3.63) is 97.5 Å². The highest BCUT2D eigenvalue weighted by Crippen LogP contribution is 2.18. The molecule has 0 aliphatic carbocycles. The first kappa shape index (κ1) is 20.7. The quantitative estimate of drug-likeness (QED) is 0.515. The fraction of sp³-hybridized carbons (Fsp3) is 0.136. The molecular weight excluding hydrogens is 424 g/mol. The van der Waals surface area contributed by atoms with Crippen LogP contribution in [0.5, 0.6) is 0 Å². The van der Waals surface area contributed by atoms with Gasteiger partial charge in [0.25, 0.3) is 5.56 Å². The van der Waals surface area contributed by atoms with Crippen LogP contribution < -0.4 is 16.6 Å². The number of carbonyl (C=O) groups is 1.